The first-order chi connectivity index (χ1) is 8.27. The fraction of sp³-hybridized carbons (Fsp3) is 0.143. The number of halogens is 1. The molecule has 88 valence electrons. The Morgan fingerprint density at radius 2 is 1.65 bits per heavy atom. The van der Waals surface area contributed by atoms with Crippen LogP contribution in [0.4, 0.5) is 5.69 Å². The van der Waals surface area contributed by atoms with Gasteiger partial charge in [0.25, 0.3) is 0 Å². The van der Waals surface area contributed by atoms with Gasteiger partial charge >= 0.3 is 0 Å². The van der Waals surface area contributed by atoms with E-state index in [2.05, 4.69) is 0 Å². The van der Waals surface area contributed by atoms with Crippen molar-refractivity contribution in [3.05, 3.63) is 59.6 Å². The summed E-state index contributed by atoms with van der Waals surface area (Å²) in [5.74, 6) is 0.706. The van der Waals surface area contributed by atoms with E-state index in [-0.39, 0.29) is 0 Å². The summed E-state index contributed by atoms with van der Waals surface area (Å²) in [6, 6.07) is 17.5. The van der Waals surface area contributed by atoms with Gasteiger partial charge in [0.1, 0.15) is 5.75 Å². The van der Waals surface area contributed by atoms with Gasteiger partial charge in [0.05, 0.1) is 5.02 Å². The Balaban J connectivity index is 1.97. The van der Waals surface area contributed by atoms with E-state index >= 15 is 0 Å². The van der Waals surface area contributed by atoms with Crippen molar-refractivity contribution in [3.8, 4) is 5.75 Å². The zero-order valence-electron chi connectivity index (χ0n) is 9.64. The predicted molar refractivity (Wildman–Crippen MR) is 71.8 cm³/mol. The minimum atomic E-state index is 0.466. The van der Waals surface area contributed by atoms with E-state index in [4.69, 9.17) is 16.3 Å². The van der Waals surface area contributed by atoms with Gasteiger partial charge in [-0.1, -0.05) is 41.9 Å². The van der Waals surface area contributed by atoms with E-state index in [0.29, 0.717) is 17.5 Å². The van der Waals surface area contributed by atoms with Crippen LogP contribution in [0.15, 0.2) is 54.6 Å². The summed E-state index contributed by atoms with van der Waals surface area (Å²) in [5, 5.41) is 0.633. The van der Waals surface area contributed by atoms with Crippen LogP contribution < -0.4 is 9.64 Å². The Morgan fingerprint density at radius 3 is 2.35 bits per heavy atom. The molecular weight excluding hydrogens is 234 g/mol. The molecule has 0 saturated heterocycles. The Hall–Kier alpha value is -1.67. The lowest BCUT2D eigenvalue weighted by Crippen LogP contribution is -2.22. The Morgan fingerprint density at radius 1 is 1.00 bits per heavy atom. The van der Waals surface area contributed by atoms with Gasteiger partial charge in [-0.25, -0.2) is 0 Å². The highest BCUT2D eigenvalue weighted by Gasteiger charge is 2.03. The van der Waals surface area contributed by atoms with E-state index < -0.39 is 0 Å². The Bertz CT molecular complexity index is 473. The lowest BCUT2D eigenvalue weighted by Gasteiger charge is -2.20. The van der Waals surface area contributed by atoms with Crippen molar-refractivity contribution in [2.24, 2.45) is 0 Å². The van der Waals surface area contributed by atoms with Gasteiger partial charge in [-0.15, -0.1) is 0 Å². The number of para-hydroxylation sites is 2. The predicted octanol–water partition coefficient (Wildman–Crippen LogP) is 3.81. The molecule has 0 radical (unpaired) electrons. The summed E-state index contributed by atoms with van der Waals surface area (Å²) in [5.41, 5.74) is 1.11. The van der Waals surface area contributed by atoms with Crippen molar-refractivity contribution in [2.45, 2.75) is 0 Å². The smallest absolute Gasteiger partial charge is 0.161 e. The van der Waals surface area contributed by atoms with E-state index in [1.54, 1.807) is 0 Å². The molecule has 2 nitrogen and oxygen atoms in total. The van der Waals surface area contributed by atoms with Crippen molar-refractivity contribution >= 4 is 17.3 Å². The van der Waals surface area contributed by atoms with Gasteiger partial charge in [-0.3, -0.25) is 0 Å². The number of rotatable bonds is 4. The van der Waals surface area contributed by atoms with Crippen LogP contribution in [0.2, 0.25) is 5.02 Å². The second kappa shape index (κ2) is 5.60. The van der Waals surface area contributed by atoms with Crippen LogP contribution in [-0.2, 0) is 0 Å². The number of benzene rings is 2. The van der Waals surface area contributed by atoms with E-state index in [0.717, 1.165) is 5.69 Å². The first-order valence-electron chi connectivity index (χ1n) is 5.41. The number of hydrogen-bond acceptors (Lipinski definition) is 2. The SMILES string of the molecule is CN(COc1ccccc1Cl)c1ccccc1. The van der Waals surface area contributed by atoms with Crippen molar-refractivity contribution < 1.29 is 4.74 Å². The first kappa shape index (κ1) is 11.8. The molecule has 0 N–H and O–H groups in total. The fourth-order valence-electron chi connectivity index (χ4n) is 1.49. The molecule has 2 aromatic rings. The molecule has 0 aliphatic carbocycles. The zero-order chi connectivity index (χ0) is 12.1. The van der Waals surface area contributed by atoms with Crippen molar-refractivity contribution in [1.82, 2.24) is 0 Å². The maximum atomic E-state index is 6.01. The van der Waals surface area contributed by atoms with Crippen LogP contribution in [0.1, 0.15) is 0 Å². The molecule has 0 spiro atoms. The van der Waals surface area contributed by atoms with Gasteiger partial charge in [-0.2, -0.15) is 0 Å². The summed E-state index contributed by atoms with van der Waals surface area (Å²) >= 11 is 6.01. The van der Waals surface area contributed by atoms with Gasteiger partial charge in [0.15, 0.2) is 6.73 Å². The summed E-state index contributed by atoms with van der Waals surface area (Å²) in [7, 11) is 1.98. The fourth-order valence-corrected chi connectivity index (χ4v) is 1.68. The Kier molecular flexibility index (Phi) is 3.89. The third-order valence-corrected chi connectivity index (χ3v) is 2.76. The van der Waals surface area contributed by atoms with Gasteiger partial charge in [0, 0.05) is 12.7 Å². The molecule has 2 aromatic carbocycles. The molecule has 0 amide bonds. The molecule has 2 rings (SSSR count). The third kappa shape index (κ3) is 3.14. The van der Waals surface area contributed by atoms with Crippen LogP contribution in [-0.4, -0.2) is 13.8 Å². The molecule has 0 atom stereocenters. The molecule has 0 heterocycles. The molecule has 3 heteroatoms. The largest absolute Gasteiger partial charge is 0.472 e. The lowest BCUT2D eigenvalue weighted by molar-refractivity contribution is 0.321. The van der Waals surface area contributed by atoms with Gasteiger partial charge in [0.2, 0.25) is 0 Å². The third-order valence-electron chi connectivity index (χ3n) is 2.45. The maximum Gasteiger partial charge on any atom is 0.161 e. The highest BCUT2D eigenvalue weighted by molar-refractivity contribution is 6.32. The summed E-state index contributed by atoms with van der Waals surface area (Å²) in [4.78, 5) is 2.02. The monoisotopic (exact) mass is 247 g/mol. The van der Waals surface area contributed by atoms with Crippen LogP contribution in [0.5, 0.6) is 5.75 Å². The van der Waals surface area contributed by atoms with E-state index in [1.807, 2.05) is 66.5 Å². The highest BCUT2D eigenvalue weighted by Crippen LogP contribution is 2.23. The zero-order valence-corrected chi connectivity index (χ0v) is 10.4. The molecule has 0 saturated carbocycles. The molecule has 17 heavy (non-hydrogen) atoms. The average Bonchev–Trinajstić information content (AvgIpc) is 2.38. The number of anilines is 1. The minimum absolute atomic E-state index is 0.466. The minimum Gasteiger partial charge on any atom is -0.472 e. The van der Waals surface area contributed by atoms with E-state index in [1.165, 1.54) is 0 Å². The molecule has 0 bridgehead atoms. The van der Waals surface area contributed by atoms with Gasteiger partial charge < -0.3 is 9.64 Å². The first-order valence-corrected chi connectivity index (χ1v) is 5.78. The summed E-state index contributed by atoms with van der Waals surface area (Å²) < 4.78 is 5.65. The molecule has 0 aliphatic heterocycles. The lowest BCUT2D eigenvalue weighted by atomic mass is 10.3. The van der Waals surface area contributed by atoms with Gasteiger partial charge in [-0.05, 0) is 24.3 Å². The topological polar surface area (TPSA) is 12.5 Å². The quantitative estimate of drug-likeness (QED) is 0.762. The molecule has 0 aromatic heterocycles. The normalized spacial score (nSPS) is 10.0. The summed E-state index contributed by atoms with van der Waals surface area (Å²) in [6.45, 7) is 0.466. The highest BCUT2D eigenvalue weighted by atomic mass is 35.5. The molecule has 0 unspecified atom stereocenters. The summed E-state index contributed by atoms with van der Waals surface area (Å²) in [6.07, 6.45) is 0. The maximum absolute atomic E-state index is 6.01. The number of nitrogens with zero attached hydrogens (tertiary/aromatic N) is 1. The molecule has 0 fully saturated rings. The molecular formula is C14H14ClNO. The number of hydrogen-bond donors (Lipinski definition) is 0. The number of ether oxygens (including phenoxy) is 1. The standard InChI is InChI=1S/C14H14ClNO/c1-16(12-7-3-2-4-8-12)11-17-14-10-6-5-9-13(14)15/h2-10H,11H2,1H3. The second-order valence-electron chi connectivity index (χ2n) is 3.74. The van der Waals surface area contributed by atoms with Crippen LogP contribution >= 0.6 is 11.6 Å². The second-order valence-corrected chi connectivity index (χ2v) is 4.14. The van der Waals surface area contributed by atoms with Crippen molar-refractivity contribution in [2.75, 3.05) is 18.7 Å². The van der Waals surface area contributed by atoms with Crippen LogP contribution in [0, 0.1) is 0 Å². The van der Waals surface area contributed by atoms with E-state index in [9.17, 15) is 0 Å². The van der Waals surface area contributed by atoms with Crippen LogP contribution in [0.25, 0.3) is 0 Å². The van der Waals surface area contributed by atoms with Crippen molar-refractivity contribution in [1.29, 1.82) is 0 Å². The van der Waals surface area contributed by atoms with Crippen molar-refractivity contribution in [3.63, 3.8) is 0 Å². The molecule has 0 aliphatic rings. The van der Waals surface area contributed by atoms with Crippen LogP contribution in [0.3, 0.4) is 0 Å². The average molecular weight is 248 g/mol. The Labute approximate surface area is 106 Å².